The van der Waals surface area contributed by atoms with E-state index in [4.69, 9.17) is 4.52 Å². The van der Waals surface area contributed by atoms with Gasteiger partial charge in [0.15, 0.2) is 0 Å². The molecule has 124 valence electrons. The summed E-state index contributed by atoms with van der Waals surface area (Å²) < 4.78 is 32.6. The zero-order valence-electron chi connectivity index (χ0n) is 13.4. The Morgan fingerprint density at radius 3 is 2.64 bits per heavy atom. The quantitative estimate of drug-likeness (QED) is 0.832. The first-order valence-corrected chi connectivity index (χ1v) is 8.99. The van der Waals surface area contributed by atoms with Crippen molar-refractivity contribution in [1.29, 1.82) is 0 Å². The molecule has 0 bridgehead atoms. The van der Waals surface area contributed by atoms with E-state index < -0.39 is 15.3 Å². The number of sulfonamides is 1. The Kier molecular flexibility index (Phi) is 4.91. The molecule has 8 heteroatoms. The molecule has 1 saturated heterocycles. The van der Waals surface area contributed by atoms with Crippen LogP contribution in [0.25, 0.3) is 0 Å². The van der Waals surface area contributed by atoms with E-state index in [1.165, 1.54) is 0 Å². The molecule has 1 aliphatic heterocycles. The zero-order valence-corrected chi connectivity index (χ0v) is 14.2. The molecule has 0 radical (unpaired) electrons. The molecule has 0 aromatic carbocycles. The van der Waals surface area contributed by atoms with Crippen LogP contribution in [0.5, 0.6) is 0 Å². The lowest BCUT2D eigenvalue weighted by Gasteiger charge is -2.18. The molecule has 0 aliphatic carbocycles. The van der Waals surface area contributed by atoms with Crippen molar-refractivity contribution < 1.29 is 17.7 Å². The minimum absolute atomic E-state index is 0.0568. The second-order valence-electron chi connectivity index (χ2n) is 5.83. The van der Waals surface area contributed by atoms with Crippen molar-refractivity contribution in [3.63, 3.8) is 0 Å². The van der Waals surface area contributed by atoms with Gasteiger partial charge in [-0.2, -0.15) is 0 Å². The summed E-state index contributed by atoms with van der Waals surface area (Å²) in [6, 6.07) is -0.285. The number of aryl methyl sites for hydroxylation is 2. The number of hydrogen-bond donors (Lipinski definition) is 1. The standard InChI is InChI=1S/C14H23N3O4S/c1-5-17-8-12(7-14(17)18)22(19,20)16-9(2)6-13-10(3)15-21-11(13)4/h9,12,16H,5-8H2,1-4H3/t9-,12-/m0/s1. The van der Waals surface area contributed by atoms with Crippen LogP contribution in [-0.2, 0) is 21.2 Å². The highest BCUT2D eigenvalue weighted by atomic mass is 32.2. The van der Waals surface area contributed by atoms with Crippen molar-refractivity contribution in [1.82, 2.24) is 14.8 Å². The first kappa shape index (κ1) is 17.0. The Labute approximate surface area is 131 Å². The third kappa shape index (κ3) is 3.49. The molecule has 1 aromatic rings. The van der Waals surface area contributed by atoms with Gasteiger partial charge >= 0.3 is 0 Å². The fraction of sp³-hybridized carbons (Fsp3) is 0.714. The number of likely N-dealkylation sites (tertiary alicyclic amines) is 1. The number of hydrogen-bond acceptors (Lipinski definition) is 5. The summed E-state index contributed by atoms with van der Waals surface area (Å²) in [7, 11) is -3.53. The Bertz CT molecular complexity index is 634. The third-order valence-corrected chi connectivity index (χ3v) is 5.98. The highest BCUT2D eigenvalue weighted by Gasteiger charge is 2.38. The van der Waals surface area contributed by atoms with Crippen LogP contribution in [-0.4, -0.2) is 48.8 Å². The summed E-state index contributed by atoms with van der Waals surface area (Å²) in [5.74, 6) is 0.605. The molecule has 1 aliphatic rings. The van der Waals surface area contributed by atoms with Crippen molar-refractivity contribution >= 4 is 15.9 Å². The lowest BCUT2D eigenvalue weighted by atomic mass is 10.1. The molecule has 0 unspecified atom stereocenters. The fourth-order valence-corrected chi connectivity index (χ4v) is 4.34. The normalized spacial score (nSPS) is 20.6. The Morgan fingerprint density at radius 1 is 1.45 bits per heavy atom. The van der Waals surface area contributed by atoms with Crippen LogP contribution in [0.15, 0.2) is 4.52 Å². The van der Waals surface area contributed by atoms with Crippen LogP contribution in [0.1, 0.15) is 37.3 Å². The second-order valence-corrected chi connectivity index (χ2v) is 7.82. The smallest absolute Gasteiger partial charge is 0.224 e. The van der Waals surface area contributed by atoms with Gasteiger partial charge in [0.25, 0.3) is 0 Å². The Balaban J connectivity index is 2.01. The van der Waals surface area contributed by atoms with Gasteiger partial charge in [0.1, 0.15) is 11.0 Å². The van der Waals surface area contributed by atoms with Crippen molar-refractivity contribution in [3.05, 3.63) is 17.0 Å². The predicted molar refractivity (Wildman–Crippen MR) is 81.9 cm³/mol. The number of nitrogens with zero attached hydrogens (tertiary/aromatic N) is 2. The maximum absolute atomic E-state index is 12.4. The van der Waals surface area contributed by atoms with E-state index in [0.29, 0.717) is 18.7 Å². The average molecular weight is 329 g/mol. The molecule has 1 aromatic heterocycles. The summed E-state index contributed by atoms with van der Waals surface area (Å²) in [6.07, 6.45) is 0.569. The van der Waals surface area contributed by atoms with Crippen molar-refractivity contribution in [2.24, 2.45) is 0 Å². The van der Waals surface area contributed by atoms with Gasteiger partial charge in [-0.05, 0) is 34.1 Å². The van der Waals surface area contributed by atoms with Crippen molar-refractivity contribution in [2.45, 2.75) is 51.8 Å². The molecule has 0 saturated carbocycles. The Hall–Kier alpha value is -1.41. The van der Waals surface area contributed by atoms with E-state index in [-0.39, 0.29) is 24.9 Å². The van der Waals surface area contributed by atoms with Gasteiger partial charge in [0.05, 0.1) is 5.69 Å². The SMILES string of the molecule is CCN1C[C@@H](S(=O)(=O)N[C@@H](C)Cc2c(C)noc2C)CC1=O. The monoisotopic (exact) mass is 329 g/mol. The fourth-order valence-electron chi connectivity index (χ4n) is 2.77. The summed E-state index contributed by atoms with van der Waals surface area (Å²) in [6.45, 7) is 8.10. The molecular formula is C14H23N3O4S. The summed E-state index contributed by atoms with van der Waals surface area (Å²) >= 11 is 0. The van der Waals surface area contributed by atoms with Crippen LogP contribution in [0.2, 0.25) is 0 Å². The summed E-state index contributed by atoms with van der Waals surface area (Å²) in [4.78, 5) is 13.3. The molecule has 1 amide bonds. The van der Waals surface area contributed by atoms with E-state index in [9.17, 15) is 13.2 Å². The molecular weight excluding hydrogens is 306 g/mol. The molecule has 7 nitrogen and oxygen atoms in total. The van der Waals surface area contributed by atoms with Gasteiger partial charge < -0.3 is 9.42 Å². The Morgan fingerprint density at radius 2 is 2.14 bits per heavy atom. The van der Waals surface area contributed by atoms with Gasteiger partial charge in [-0.1, -0.05) is 5.16 Å². The van der Waals surface area contributed by atoms with E-state index in [1.807, 2.05) is 20.8 Å². The van der Waals surface area contributed by atoms with Crippen LogP contribution < -0.4 is 4.72 Å². The maximum atomic E-state index is 12.4. The van der Waals surface area contributed by atoms with E-state index in [2.05, 4.69) is 9.88 Å². The van der Waals surface area contributed by atoms with E-state index in [1.54, 1.807) is 11.8 Å². The molecule has 22 heavy (non-hydrogen) atoms. The van der Waals surface area contributed by atoms with Gasteiger partial charge in [0, 0.05) is 31.1 Å². The summed E-state index contributed by atoms with van der Waals surface area (Å²) in [5, 5.41) is 3.20. The van der Waals surface area contributed by atoms with E-state index >= 15 is 0 Å². The largest absolute Gasteiger partial charge is 0.361 e. The number of aromatic nitrogens is 1. The van der Waals surface area contributed by atoms with Crippen LogP contribution >= 0.6 is 0 Å². The zero-order chi connectivity index (χ0) is 16.5. The predicted octanol–water partition coefficient (Wildman–Crippen LogP) is 0.763. The van der Waals surface area contributed by atoms with Crippen molar-refractivity contribution in [3.8, 4) is 0 Å². The van der Waals surface area contributed by atoms with Gasteiger partial charge in [-0.3, -0.25) is 4.79 Å². The van der Waals surface area contributed by atoms with Crippen LogP contribution in [0, 0.1) is 13.8 Å². The summed E-state index contributed by atoms with van der Waals surface area (Å²) in [5.41, 5.74) is 1.70. The molecule has 1 N–H and O–H groups in total. The highest BCUT2D eigenvalue weighted by molar-refractivity contribution is 7.90. The number of carbonyl (C=O) groups is 1. The van der Waals surface area contributed by atoms with Crippen LogP contribution in [0.3, 0.4) is 0 Å². The molecule has 2 heterocycles. The van der Waals surface area contributed by atoms with Gasteiger partial charge in [0.2, 0.25) is 15.9 Å². The van der Waals surface area contributed by atoms with E-state index in [0.717, 1.165) is 11.3 Å². The van der Waals surface area contributed by atoms with Gasteiger partial charge in [-0.25, -0.2) is 13.1 Å². The number of nitrogens with one attached hydrogen (secondary N) is 1. The second kappa shape index (κ2) is 6.37. The topological polar surface area (TPSA) is 92.5 Å². The first-order valence-electron chi connectivity index (χ1n) is 7.45. The molecule has 0 spiro atoms. The number of carbonyl (C=O) groups excluding carboxylic acids is 1. The lowest BCUT2D eigenvalue weighted by molar-refractivity contribution is -0.127. The molecule has 1 fully saturated rings. The maximum Gasteiger partial charge on any atom is 0.224 e. The molecule has 2 atom stereocenters. The minimum atomic E-state index is -3.53. The highest BCUT2D eigenvalue weighted by Crippen LogP contribution is 2.19. The van der Waals surface area contributed by atoms with Crippen LogP contribution in [0.4, 0.5) is 0 Å². The first-order chi connectivity index (χ1) is 10.2. The van der Waals surface area contributed by atoms with Gasteiger partial charge in [-0.15, -0.1) is 0 Å². The lowest BCUT2D eigenvalue weighted by Crippen LogP contribution is -2.41. The van der Waals surface area contributed by atoms with Crippen molar-refractivity contribution in [2.75, 3.05) is 13.1 Å². The third-order valence-electron chi connectivity index (χ3n) is 4.06. The average Bonchev–Trinajstić information content (AvgIpc) is 2.96. The number of rotatable bonds is 6. The number of amides is 1. The molecule has 2 rings (SSSR count). The minimum Gasteiger partial charge on any atom is -0.361 e.